The maximum absolute atomic E-state index is 11.0. The molecule has 1 saturated carbocycles. The van der Waals surface area contributed by atoms with Gasteiger partial charge in [0.15, 0.2) is 0 Å². The Hall–Kier alpha value is -2.90. The van der Waals surface area contributed by atoms with E-state index in [4.69, 9.17) is 4.74 Å². The van der Waals surface area contributed by atoms with E-state index in [1.165, 1.54) is 6.20 Å². The van der Waals surface area contributed by atoms with Gasteiger partial charge in [0.1, 0.15) is 11.9 Å². The molecular formula is C16H19N5O3. The Bertz CT molecular complexity index is 733. The van der Waals surface area contributed by atoms with Crippen molar-refractivity contribution in [3.63, 3.8) is 0 Å². The van der Waals surface area contributed by atoms with E-state index in [9.17, 15) is 10.1 Å². The smallest absolute Gasteiger partial charge is 0.329 e. The largest absolute Gasteiger partial charge is 0.497 e. The third-order valence-electron chi connectivity index (χ3n) is 3.72. The van der Waals surface area contributed by atoms with Gasteiger partial charge in [-0.25, -0.2) is 4.98 Å². The van der Waals surface area contributed by atoms with Crippen molar-refractivity contribution in [2.75, 3.05) is 24.3 Å². The first kappa shape index (κ1) is 16.0. The summed E-state index contributed by atoms with van der Waals surface area (Å²) in [5.41, 5.74) is 1.03. The molecule has 8 heteroatoms. The summed E-state index contributed by atoms with van der Waals surface area (Å²) < 4.78 is 5.20. The van der Waals surface area contributed by atoms with E-state index in [1.807, 2.05) is 24.3 Å². The number of nitrogens with one attached hydrogen (secondary N) is 2. The van der Waals surface area contributed by atoms with Gasteiger partial charge >= 0.3 is 5.69 Å². The molecule has 0 radical (unpaired) electrons. The average molecular weight is 329 g/mol. The SMILES string of the molecule is COc1cccc(CCNc2ncc([N+](=O)[O-])c(NC3CC3)n2)c1. The molecule has 1 aliphatic rings. The highest BCUT2D eigenvalue weighted by molar-refractivity contribution is 5.58. The van der Waals surface area contributed by atoms with Crippen molar-refractivity contribution in [2.24, 2.45) is 0 Å². The summed E-state index contributed by atoms with van der Waals surface area (Å²) in [6.07, 6.45) is 4.04. The fourth-order valence-corrected chi connectivity index (χ4v) is 2.27. The first-order valence-corrected chi connectivity index (χ1v) is 7.80. The topological polar surface area (TPSA) is 102 Å². The lowest BCUT2D eigenvalue weighted by Crippen LogP contribution is -2.12. The molecule has 24 heavy (non-hydrogen) atoms. The zero-order valence-electron chi connectivity index (χ0n) is 13.4. The maximum Gasteiger partial charge on any atom is 0.329 e. The summed E-state index contributed by atoms with van der Waals surface area (Å²) in [5, 5.41) is 17.2. The summed E-state index contributed by atoms with van der Waals surface area (Å²) in [6.45, 7) is 0.619. The molecule has 0 unspecified atom stereocenters. The van der Waals surface area contributed by atoms with Crippen LogP contribution < -0.4 is 15.4 Å². The van der Waals surface area contributed by atoms with Crippen LogP contribution in [0.1, 0.15) is 18.4 Å². The molecule has 1 aromatic heterocycles. The summed E-state index contributed by atoms with van der Waals surface area (Å²) in [7, 11) is 1.64. The van der Waals surface area contributed by atoms with Crippen LogP contribution in [0.3, 0.4) is 0 Å². The summed E-state index contributed by atoms with van der Waals surface area (Å²) in [6, 6.07) is 8.10. The molecule has 1 fully saturated rings. The molecular weight excluding hydrogens is 310 g/mol. The lowest BCUT2D eigenvalue weighted by molar-refractivity contribution is -0.384. The van der Waals surface area contributed by atoms with Gasteiger partial charge in [0.2, 0.25) is 11.8 Å². The molecule has 0 atom stereocenters. The molecule has 8 nitrogen and oxygen atoms in total. The number of ether oxygens (including phenoxy) is 1. The predicted octanol–water partition coefficient (Wildman–Crippen LogP) is 2.62. The van der Waals surface area contributed by atoms with Gasteiger partial charge in [-0.05, 0) is 37.0 Å². The first-order valence-electron chi connectivity index (χ1n) is 7.80. The van der Waals surface area contributed by atoms with Crippen molar-refractivity contribution in [3.05, 3.63) is 46.1 Å². The zero-order valence-corrected chi connectivity index (χ0v) is 13.4. The monoisotopic (exact) mass is 329 g/mol. The van der Waals surface area contributed by atoms with Crippen LogP contribution >= 0.6 is 0 Å². The van der Waals surface area contributed by atoms with Gasteiger partial charge in [0.25, 0.3) is 0 Å². The standard InChI is InChI=1S/C16H19N5O3/c1-24-13-4-2-3-11(9-13)7-8-17-16-18-10-14(21(22)23)15(20-16)19-12-5-6-12/h2-4,9-10,12H,5-8H2,1H3,(H2,17,18,19,20). The molecule has 0 bridgehead atoms. The molecule has 0 saturated heterocycles. The highest BCUT2D eigenvalue weighted by Gasteiger charge is 2.26. The van der Waals surface area contributed by atoms with Gasteiger partial charge < -0.3 is 15.4 Å². The highest BCUT2D eigenvalue weighted by atomic mass is 16.6. The van der Waals surface area contributed by atoms with Crippen molar-refractivity contribution in [1.82, 2.24) is 9.97 Å². The normalized spacial score (nSPS) is 13.4. The van der Waals surface area contributed by atoms with Gasteiger partial charge in [-0.3, -0.25) is 10.1 Å². The minimum Gasteiger partial charge on any atom is -0.497 e. The Morgan fingerprint density at radius 1 is 1.42 bits per heavy atom. The number of hydrogen-bond acceptors (Lipinski definition) is 7. The highest BCUT2D eigenvalue weighted by Crippen LogP contribution is 2.29. The predicted molar refractivity (Wildman–Crippen MR) is 90.5 cm³/mol. The van der Waals surface area contributed by atoms with Crippen molar-refractivity contribution in [3.8, 4) is 5.75 Å². The van der Waals surface area contributed by atoms with E-state index in [-0.39, 0.29) is 17.5 Å². The third-order valence-corrected chi connectivity index (χ3v) is 3.72. The number of nitro groups is 1. The Balaban J connectivity index is 1.62. The van der Waals surface area contributed by atoms with Crippen molar-refractivity contribution in [2.45, 2.75) is 25.3 Å². The minimum absolute atomic E-state index is 0.0970. The van der Waals surface area contributed by atoms with E-state index in [1.54, 1.807) is 7.11 Å². The van der Waals surface area contributed by atoms with Crippen molar-refractivity contribution < 1.29 is 9.66 Å². The second-order valence-electron chi connectivity index (χ2n) is 5.63. The lowest BCUT2D eigenvalue weighted by Gasteiger charge is -2.09. The van der Waals surface area contributed by atoms with Crippen LogP contribution in [0, 0.1) is 10.1 Å². The van der Waals surface area contributed by atoms with Crippen LogP contribution in [0.25, 0.3) is 0 Å². The molecule has 0 amide bonds. The molecule has 1 aliphatic carbocycles. The average Bonchev–Trinajstić information content (AvgIpc) is 3.39. The number of benzene rings is 1. The Labute approximate surface area is 139 Å². The van der Waals surface area contributed by atoms with Gasteiger partial charge in [-0.15, -0.1) is 0 Å². The van der Waals surface area contributed by atoms with E-state index in [0.717, 1.165) is 30.6 Å². The molecule has 2 aromatic rings. The summed E-state index contributed by atoms with van der Waals surface area (Å²) >= 11 is 0. The van der Waals surface area contributed by atoms with Crippen LogP contribution in [0.4, 0.5) is 17.5 Å². The number of anilines is 2. The van der Waals surface area contributed by atoms with Gasteiger partial charge in [0.05, 0.1) is 12.0 Å². The number of rotatable bonds is 8. The first-order chi connectivity index (χ1) is 11.7. The maximum atomic E-state index is 11.0. The third kappa shape index (κ3) is 4.09. The van der Waals surface area contributed by atoms with Gasteiger partial charge in [0, 0.05) is 12.6 Å². The quantitative estimate of drug-likeness (QED) is 0.567. The molecule has 0 aliphatic heterocycles. The summed E-state index contributed by atoms with van der Waals surface area (Å²) in [4.78, 5) is 18.8. The second-order valence-corrected chi connectivity index (χ2v) is 5.63. The summed E-state index contributed by atoms with van der Waals surface area (Å²) in [5.74, 6) is 1.48. The van der Waals surface area contributed by atoms with Crippen LogP contribution in [0.15, 0.2) is 30.5 Å². The second kappa shape index (κ2) is 7.12. The molecule has 2 N–H and O–H groups in total. The van der Waals surface area contributed by atoms with Crippen LogP contribution in [-0.4, -0.2) is 34.6 Å². The van der Waals surface area contributed by atoms with Gasteiger partial charge in [-0.2, -0.15) is 4.98 Å². The van der Waals surface area contributed by atoms with E-state index in [0.29, 0.717) is 12.5 Å². The van der Waals surface area contributed by atoms with Crippen molar-refractivity contribution >= 4 is 17.5 Å². The molecule has 3 rings (SSSR count). The molecule has 126 valence electrons. The number of hydrogen-bond donors (Lipinski definition) is 2. The fourth-order valence-electron chi connectivity index (χ4n) is 2.27. The number of nitrogens with zero attached hydrogens (tertiary/aromatic N) is 3. The minimum atomic E-state index is -0.468. The molecule has 1 heterocycles. The number of methoxy groups -OCH3 is 1. The Morgan fingerprint density at radius 3 is 2.96 bits per heavy atom. The van der Waals surface area contributed by atoms with E-state index < -0.39 is 4.92 Å². The molecule has 0 spiro atoms. The zero-order chi connectivity index (χ0) is 16.9. The number of aromatic nitrogens is 2. The van der Waals surface area contributed by atoms with E-state index in [2.05, 4.69) is 20.6 Å². The lowest BCUT2D eigenvalue weighted by atomic mass is 10.1. The van der Waals surface area contributed by atoms with Crippen LogP contribution in [0.5, 0.6) is 5.75 Å². The van der Waals surface area contributed by atoms with E-state index >= 15 is 0 Å². The van der Waals surface area contributed by atoms with Crippen LogP contribution in [-0.2, 0) is 6.42 Å². The molecule has 1 aromatic carbocycles. The Morgan fingerprint density at radius 2 is 2.25 bits per heavy atom. The van der Waals surface area contributed by atoms with Gasteiger partial charge in [-0.1, -0.05) is 12.1 Å². The Kier molecular flexibility index (Phi) is 4.74. The van der Waals surface area contributed by atoms with Crippen molar-refractivity contribution in [1.29, 1.82) is 0 Å². The fraction of sp³-hybridized carbons (Fsp3) is 0.375. The van der Waals surface area contributed by atoms with Crippen LogP contribution in [0.2, 0.25) is 0 Å².